The molecule has 0 aliphatic heterocycles. The van der Waals surface area contributed by atoms with Gasteiger partial charge in [-0.3, -0.25) is 0 Å². The van der Waals surface area contributed by atoms with Crippen LogP contribution in [0, 0.1) is 5.82 Å². The number of halogens is 1. The lowest BCUT2D eigenvalue weighted by molar-refractivity contribution is 0.435. The summed E-state index contributed by atoms with van der Waals surface area (Å²) >= 11 is 0. The highest BCUT2D eigenvalue weighted by atomic mass is 19.1. The van der Waals surface area contributed by atoms with Gasteiger partial charge in [0.15, 0.2) is 11.6 Å². The molecular formula is C17H20FNO. The second kappa shape index (κ2) is 6.06. The molecule has 2 nitrogen and oxygen atoms in total. The minimum atomic E-state index is -0.390. The van der Waals surface area contributed by atoms with Crippen molar-refractivity contribution in [2.45, 2.75) is 32.7 Å². The van der Waals surface area contributed by atoms with E-state index in [9.17, 15) is 4.39 Å². The highest BCUT2D eigenvalue weighted by Gasteiger charge is 2.12. The Labute approximate surface area is 119 Å². The molecule has 0 unspecified atom stereocenters. The molecule has 0 saturated carbocycles. The van der Waals surface area contributed by atoms with Gasteiger partial charge in [0.05, 0.1) is 0 Å². The molecule has 2 aromatic rings. The van der Waals surface area contributed by atoms with Gasteiger partial charge in [-0.15, -0.1) is 0 Å². The van der Waals surface area contributed by atoms with Crippen LogP contribution in [0.15, 0.2) is 42.5 Å². The van der Waals surface area contributed by atoms with Crippen molar-refractivity contribution in [2.75, 3.05) is 0 Å². The lowest BCUT2D eigenvalue weighted by atomic mass is 10.0. The van der Waals surface area contributed by atoms with Crippen LogP contribution in [0.5, 0.6) is 11.5 Å². The second-order valence-electron chi connectivity index (χ2n) is 5.27. The molecule has 0 heterocycles. The quantitative estimate of drug-likeness (QED) is 0.871. The van der Waals surface area contributed by atoms with Crippen molar-refractivity contribution in [3.63, 3.8) is 0 Å². The third-order valence-electron chi connectivity index (χ3n) is 3.24. The van der Waals surface area contributed by atoms with Gasteiger partial charge in [0, 0.05) is 6.04 Å². The molecule has 2 rings (SSSR count). The Balaban J connectivity index is 2.31. The van der Waals surface area contributed by atoms with Crippen molar-refractivity contribution in [2.24, 2.45) is 5.73 Å². The summed E-state index contributed by atoms with van der Waals surface area (Å²) in [4.78, 5) is 0. The molecule has 0 saturated heterocycles. The van der Waals surface area contributed by atoms with Crippen LogP contribution in [0.2, 0.25) is 0 Å². The topological polar surface area (TPSA) is 35.2 Å². The van der Waals surface area contributed by atoms with Gasteiger partial charge < -0.3 is 10.5 Å². The normalized spacial score (nSPS) is 12.5. The molecule has 1 atom stereocenters. The largest absolute Gasteiger partial charge is 0.454 e. The molecule has 20 heavy (non-hydrogen) atoms. The van der Waals surface area contributed by atoms with E-state index in [0.717, 1.165) is 11.1 Å². The third kappa shape index (κ3) is 3.17. The zero-order valence-corrected chi connectivity index (χ0v) is 12.1. The van der Waals surface area contributed by atoms with Crippen LogP contribution in [0.25, 0.3) is 0 Å². The maximum atomic E-state index is 14.0. The van der Waals surface area contributed by atoms with Crippen molar-refractivity contribution in [1.82, 2.24) is 0 Å². The molecular weight excluding hydrogens is 253 g/mol. The van der Waals surface area contributed by atoms with Crippen molar-refractivity contribution >= 4 is 0 Å². The number of para-hydroxylation sites is 1. The third-order valence-corrected chi connectivity index (χ3v) is 3.24. The van der Waals surface area contributed by atoms with Gasteiger partial charge in [-0.1, -0.05) is 38.1 Å². The highest BCUT2D eigenvalue weighted by molar-refractivity contribution is 5.40. The molecule has 2 N–H and O–H groups in total. The molecule has 3 heteroatoms. The number of hydrogen-bond acceptors (Lipinski definition) is 2. The monoisotopic (exact) mass is 273 g/mol. The fourth-order valence-electron chi connectivity index (χ4n) is 2.05. The van der Waals surface area contributed by atoms with Gasteiger partial charge in [0.2, 0.25) is 0 Å². The van der Waals surface area contributed by atoms with Gasteiger partial charge in [0.25, 0.3) is 0 Å². The number of ether oxygens (including phenoxy) is 1. The SMILES string of the molecule is CC(C)c1ccccc1Oc1ccc([C@@H](C)N)cc1F. The molecule has 2 aromatic carbocycles. The van der Waals surface area contributed by atoms with E-state index < -0.39 is 5.82 Å². The van der Waals surface area contributed by atoms with Gasteiger partial charge in [-0.25, -0.2) is 4.39 Å². The number of nitrogens with two attached hydrogens (primary N) is 1. The predicted octanol–water partition coefficient (Wildman–Crippen LogP) is 4.76. The Hall–Kier alpha value is -1.87. The molecule has 0 amide bonds. The summed E-state index contributed by atoms with van der Waals surface area (Å²) in [5.41, 5.74) is 7.56. The minimum Gasteiger partial charge on any atom is -0.454 e. The minimum absolute atomic E-state index is 0.193. The summed E-state index contributed by atoms with van der Waals surface area (Å²) in [6, 6.07) is 12.3. The zero-order valence-electron chi connectivity index (χ0n) is 12.1. The Morgan fingerprint density at radius 1 is 1.00 bits per heavy atom. The number of rotatable bonds is 4. The van der Waals surface area contributed by atoms with Gasteiger partial charge in [0.1, 0.15) is 5.75 Å². The average molecular weight is 273 g/mol. The van der Waals surface area contributed by atoms with Crippen LogP contribution in [-0.2, 0) is 0 Å². The van der Waals surface area contributed by atoms with E-state index >= 15 is 0 Å². The molecule has 0 aliphatic rings. The molecule has 106 valence electrons. The first-order valence-corrected chi connectivity index (χ1v) is 6.81. The average Bonchev–Trinajstić information content (AvgIpc) is 2.41. The van der Waals surface area contributed by atoms with Crippen molar-refractivity contribution in [3.8, 4) is 11.5 Å². The lowest BCUT2D eigenvalue weighted by Crippen LogP contribution is -2.05. The van der Waals surface area contributed by atoms with Crippen LogP contribution in [-0.4, -0.2) is 0 Å². The van der Waals surface area contributed by atoms with Crippen molar-refractivity contribution < 1.29 is 9.13 Å². The summed E-state index contributed by atoms with van der Waals surface area (Å²) in [5.74, 6) is 0.841. The fourth-order valence-corrected chi connectivity index (χ4v) is 2.05. The van der Waals surface area contributed by atoms with Crippen LogP contribution in [0.1, 0.15) is 43.9 Å². The molecule has 0 aliphatic carbocycles. The molecule has 0 aromatic heterocycles. The zero-order chi connectivity index (χ0) is 14.7. The van der Waals surface area contributed by atoms with E-state index in [0.29, 0.717) is 11.7 Å². The Kier molecular flexibility index (Phi) is 4.40. The van der Waals surface area contributed by atoms with Crippen molar-refractivity contribution in [1.29, 1.82) is 0 Å². The van der Waals surface area contributed by atoms with E-state index in [2.05, 4.69) is 13.8 Å². The van der Waals surface area contributed by atoms with E-state index in [-0.39, 0.29) is 11.8 Å². The summed E-state index contributed by atoms with van der Waals surface area (Å²) in [6.45, 7) is 5.98. The smallest absolute Gasteiger partial charge is 0.166 e. The first-order valence-electron chi connectivity index (χ1n) is 6.81. The van der Waals surface area contributed by atoms with E-state index in [1.807, 2.05) is 31.2 Å². The molecule has 0 fully saturated rings. The highest BCUT2D eigenvalue weighted by Crippen LogP contribution is 2.32. The van der Waals surface area contributed by atoms with E-state index in [1.54, 1.807) is 12.1 Å². The maximum Gasteiger partial charge on any atom is 0.166 e. The maximum absolute atomic E-state index is 14.0. The Morgan fingerprint density at radius 2 is 1.70 bits per heavy atom. The second-order valence-corrected chi connectivity index (χ2v) is 5.27. The molecule has 0 bridgehead atoms. The van der Waals surface area contributed by atoms with Crippen LogP contribution in [0.4, 0.5) is 4.39 Å². The summed E-state index contributed by atoms with van der Waals surface area (Å²) in [7, 11) is 0. The van der Waals surface area contributed by atoms with Gasteiger partial charge in [-0.05, 0) is 42.2 Å². The van der Waals surface area contributed by atoms with Crippen molar-refractivity contribution in [3.05, 3.63) is 59.4 Å². The van der Waals surface area contributed by atoms with Crippen LogP contribution in [0.3, 0.4) is 0 Å². The first kappa shape index (κ1) is 14.5. The van der Waals surface area contributed by atoms with Gasteiger partial charge in [-0.2, -0.15) is 0 Å². The molecule has 0 radical (unpaired) electrons. The standard InChI is InChI=1S/C17H20FNO/c1-11(2)14-6-4-5-7-16(14)20-17-9-8-13(12(3)19)10-15(17)18/h4-12H,19H2,1-3H3/t12-/m1/s1. The summed E-state index contributed by atoms with van der Waals surface area (Å²) < 4.78 is 19.8. The lowest BCUT2D eigenvalue weighted by Gasteiger charge is -2.15. The number of hydrogen-bond donors (Lipinski definition) is 1. The fraction of sp³-hybridized carbons (Fsp3) is 0.294. The summed E-state index contributed by atoms with van der Waals surface area (Å²) in [6.07, 6.45) is 0. The van der Waals surface area contributed by atoms with Crippen LogP contribution < -0.4 is 10.5 Å². The van der Waals surface area contributed by atoms with Crippen LogP contribution >= 0.6 is 0 Å². The van der Waals surface area contributed by atoms with E-state index in [4.69, 9.17) is 10.5 Å². The Morgan fingerprint density at radius 3 is 2.30 bits per heavy atom. The van der Waals surface area contributed by atoms with Gasteiger partial charge >= 0.3 is 0 Å². The predicted molar refractivity (Wildman–Crippen MR) is 79.6 cm³/mol. The summed E-state index contributed by atoms with van der Waals surface area (Å²) in [5, 5.41) is 0. The number of benzene rings is 2. The van der Waals surface area contributed by atoms with E-state index in [1.165, 1.54) is 6.07 Å². The first-order chi connectivity index (χ1) is 9.49. The Bertz CT molecular complexity index is 593. The molecule has 0 spiro atoms.